The molecular formula is C13H25N. The van der Waals surface area contributed by atoms with Crippen LogP contribution < -0.4 is 5.32 Å². The van der Waals surface area contributed by atoms with Crippen molar-refractivity contribution >= 4 is 0 Å². The first kappa shape index (κ1) is 10.5. The van der Waals surface area contributed by atoms with Crippen molar-refractivity contribution in [3.8, 4) is 0 Å². The van der Waals surface area contributed by atoms with E-state index in [1.54, 1.807) is 25.7 Å². The summed E-state index contributed by atoms with van der Waals surface area (Å²) in [6.45, 7) is 3.57. The van der Waals surface area contributed by atoms with E-state index >= 15 is 0 Å². The minimum atomic E-state index is 0.874. The van der Waals surface area contributed by atoms with Crippen LogP contribution >= 0.6 is 0 Å². The molecule has 4 unspecified atom stereocenters. The molecule has 0 radical (unpaired) electrons. The largest absolute Gasteiger partial charge is 0.319 e. The lowest BCUT2D eigenvalue weighted by Gasteiger charge is -2.22. The molecule has 0 aromatic carbocycles. The third-order valence-electron chi connectivity index (χ3n) is 4.47. The Bertz CT molecular complexity index is 178. The molecule has 14 heavy (non-hydrogen) atoms. The molecule has 1 nitrogen and oxygen atoms in total. The molecule has 0 heterocycles. The highest BCUT2D eigenvalue weighted by Crippen LogP contribution is 2.50. The highest BCUT2D eigenvalue weighted by atomic mass is 14.8. The fourth-order valence-corrected chi connectivity index (χ4v) is 3.68. The highest BCUT2D eigenvalue weighted by molar-refractivity contribution is 4.89. The monoisotopic (exact) mass is 195 g/mol. The van der Waals surface area contributed by atoms with Gasteiger partial charge in [0.1, 0.15) is 0 Å². The quantitative estimate of drug-likeness (QED) is 0.711. The lowest BCUT2D eigenvalue weighted by Crippen LogP contribution is -2.18. The van der Waals surface area contributed by atoms with E-state index in [1.165, 1.54) is 19.4 Å². The third kappa shape index (κ3) is 2.31. The van der Waals surface area contributed by atoms with E-state index in [2.05, 4.69) is 19.3 Å². The van der Waals surface area contributed by atoms with Crippen molar-refractivity contribution in [3.05, 3.63) is 0 Å². The minimum absolute atomic E-state index is 0.874. The van der Waals surface area contributed by atoms with Crippen molar-refractivity contribution in [1.29, 1.82) is 0 Å². The van der Waals surface area contributed by atoms with Gasteiger partial charge >= 0.3 is 0 Å². The maximum absolute atomic E-state index is 3.28. The summed E-state index contributed by atoms with van der Waals surface area (Å²) in [6.07, 6.45) is 9.18. The van der Waals surface area contributed by atoms with Crippen molar-refractivity contribution in [1.82, 2.24) is 5.32 Å². The van der Waals surface area contributed by atoms with Gasteiger partial charge in [-0.3, -0.25) is 0 Å². The van der Waals surface area contributed by atoms with E-state index in [9.17, 15) is 0 Å². The molecule has 2 bridgehead atoms. The van der Waals surface area contributed by atoms with Gasteiger partial charge in [-0.2, -0.15) is 0 Å². The molecule has 0 aromatic rings. The molecular weight excluding hydrogens is 170 g/mol. The Hall–Kier alpha value is -0.0400. The summed E-state index contributed by atoms with van der Waals surface area (Å²) in [4.78, 5) is 0. The first-order chi connectivity index (χ1) is 6.79. The standard InChI is InChI=1S/C13H25N/c1-10(9-14-2)3-5-12-7-11-4-6-13(12)8-11/h10-14H,3-9H2,1-2H3. The summed E-state index contributed by atoms with van der Waals surface area (Å²) in [5.41, 5.74) is 0. The summed E-state index contributed by atoms with van der Waals surface area (Å²) in [5, 5.41) is 3.28. The van der Waals surface area contributed by atoms with Crippen LogP contribution in [0.5, 0.6) is 0 Å². The summed E-state index contributed by atoms with van der Waals surface area (Å²) in [6, 6.07) is 0. The Balaban J connectivity index is 1.66. The average Bonchev–Trinajstić information content (AvgIpc) is 2.76. The maximum atomic E-state index is 3.28. The Kier molecular flexibility index (Phi) is 3.48. The van der Waals surface area contributed by atoms with Crippen LogP contribution in [0, 0.1) is 23.7 Å². The summed E-state index contributed by atoms with van der Waals surface area (Å²) in [7, 11) is 2.06. The van der Waals surface area contributed by atoms with Crippen molar-refractivity contribution in [2.45, 2.75) is 45.4 Å². The first-order valence-corrected chi connectivity index (χ1v) is 6.44. The van der Waals surface area contributed by atoms with E-state index in [-0.39, 0.29) is 0 Å². The van der Waals surface area contributed by atoms with E-state index in [0.29, 0.717) is 0 Å². The molecule has 2 fully saturated rings. The molecule has 4 atom stereocenters. The molecule has 2 aliphatic rings. The minimum Gasteiger partial charge on any atom is -0.319 e. The van der Waals surface area contributed by atoms with Gasteiger partial charge in [0.25, 0.3) is 0 Å². The zero-order valence-electron chi connectivity index (χ0n) is 9.76. The topological polar surface area (TPSA) is 12.0 Å². The van der Waals surface area contributed by atoms with Crippen molar-refractivity contribution in [2.75, 3.05) is 13.6 Å². The fraction of sp³-hybridized carbons (Fsp3) is 1.00. The maximum Gasteiger partial charge on any atom is -0.00262 e. The average molecular weight is 195 g/mol. The van der Waals surface area contributed by atoms with Crippen LogP contribution in [0.3, 0.4) is 0 Å². The number of fused-ring (bicyclic) bond motifs is 2. The molecule has 1 N–H and O–H groups in total. The van der Waals surface area contributed by atoms with Gasteiger partial charge in [0.15, 0.2) is 0 Å². The van der Waals surface area contributed by atoms with Crippen LogP contribution in [-0.2, 0) is 0 Å². The SMILES string of the molecule is CNCC(C)CCC1CC2CCC1C2. The van der Waals surface area contributed by atoms with Crippen LogP contribution in [0.4, 0.5) is 0 Å². The van der Waals surface area contributed by atoms with Gasteiger partial charge in [-0.05, 0) is 69.4 Å². The van der Waals surface area contributed by atoms with Gasteiger partial charge in [0.05, 0.1) is 0 Å². The Morgan fingerprint density at radius 3 is 2.71 bits per heavy atom. The lowest BCUT2D eigenvalue weighted by molar-refractivity contribution is 0.290. The van der Waals surface area contributed by atoms with Crippen LogP contribution in [0.2, 0.25) is 0 Å². The molecule has 2 saturated carbocycles. The smallest absolute Gasteiger partial charge is 0.00262 e. The Labute approximate surface area is 88.7 Å². The van der Waals surface area contributed by atoms with Gasteiger partial charge in [0.2, 0.25) is 0 Å². The van der Waals surface area contributed by atoms with Crippen molar-refractivity contribution in [2.24, 2.45) is 23.7 Å². The second-order valence-corrected chi connectivity index (χ2v) is 5.68. The molecule has 0 aliphatic heterocycles. The van der Waals surface area contributed by atoms with Gasteiger partial charge < -0.3 is 5.32 Å². The van der Waals surface area contributed by atoms with Crippen LogP contribution in [0.15, 0.2) is 0 Å². The number of hydrogen-bond donors (Lipinski definition) is 1. The molecule has 2 aliphatic carbocycles. The van der Waals surface area contributed by atoms with E-state index < -0.39 is 0 Å². The fourth-order valence-electron chi connectivity index (χ4n) is 3.68. The van der Waals surface area contributed by atoms with Gasteiger partial charge in [-0.15, -0.1) is 0 Å². The summed E-state index contributed by atoms with van der Waals surface area (Å²) in [5.74, 6) is 4.23. The molecule has 0 aromatic heterocycles. The predicted octanol–water partition coefficient (Wildman–Crippen LogP) is 3.06. The highest BCUT2D eigenvalue weighted by Gasteiger charge is 2.38. The zero-order chi connectivity index (χ0) is 9.97. The van der Waals surface area contributed by atoms with E-state index in [4.69, 9.17) is 0 Å². The van der Waals surface area contributed by atoms with Crippen LogP contribution in [0.1, 0.15) is 45.4 Å². The molecule has 0 amide bonds. The normalized spacial score (nSPS) is 37.7. The van der Waals surface area contributed by atoms with Gasteiger partial charge in [-0.1, -0.05) is 13.3 Å². The summed E-state index contributed by atoms with van der Waals surface area (Å²) >= 11 is 0. The third-order valence-corrected chi connectivity index (χ3v) is 4.47. The second-order valence-electron chi connectivity index (χ2n) is 5.68. The number of rotatable bonds is 5. The van der Waals surface area contributed by atoms with Crippen molar-refractivity contribution in [3.63, 3.8) is 0 Å². The van der Waals surface area contributed by atoms with Gasteiger partial charge in [0, 0.05) is 0 Å². The summed E-state index contributed by atoms with van der Waals surface area (Å²) < 4.78 is 0. The molecule has 2 rings (SSSR count). The second kappa shape index (κ2) is 4.65. The van der Waals surface area contributed by atoms with Crippen LogP contribution in [0.25, 0.3) is 0 Å². The molecule has 0 saturated heterocycles. The molecule has 82 valence electrons. The van der Waals surface area contributed by atoms with Crippen molar-refractivity contribution < 1.29 is 0 Å². The zero-order valence-corrected chi connectivity index (χ0v) is 9.76. The lowest BCUT2D eigenvalue weighted by atomic mass is 9.84. The Morgan fingerprint density at radius 1 is 1.29 bits per heavy atom. The number of hydrogen-bond acceptors (Lipinski definition) is 1. The van der Waals surface area contributed by atoms with Gasteiger partial charge in [-0.25, -0.2) is 0 Å². The van der Waals surface area contributed by atoms with E-state index in [1.807, 2.05) is 0 Å². The number of nitrogens with one attached hydrogen (secondary N) is 1. The Morgan fingerprint density at radius 2 is 2.14 bits per heavy atom. The first-order valence-electron chi connectivity index (χ1n) is 6.44. The van der Waals surface area contributed by atoms with E-state index in [0.717, 1.165) is 23.7 Å². The molecule has 0 spiro atoms. The predicted molar refractivity (Wildman–Crippen MR) is 61.3 cm³/mol. The van der Waals surface area contributed by atoms with Crippen LogP contribution in [-0.4, -0.2) is 13.6 Å². The molecule has 1 heteroatoms.